The predicted octanol–water partition coefficient (Wildman–Crippen LogP) is 5.07. The number of benzene rings is 1. The van der Waals surface area contributed by atoms with Crippen molar-refractivity contribution in [3.63, 3.8) is 0 Å². The van der Waals surface area contributed by atoms with E-state index in [1.54, 1.807) is 0 Å². The third-order valence-electron chi connectivity index (χ3n) is 4.40. The third-order valence-corrected chi connectivity index (χ3v) is 5.09. The summed E-state index contributed by atoms with van der Waals surface area (Å²) in [5, 5.41) is 3.61. The average Bonchev–Trinajstić information content (AvgIpc) is 2.37. The zero-order chi connectivity index (χ0) is 13.8. The van der Waals surface area contributed by atoms with Crippen molar-refractivity contribution < 1.29 is 4.39 Å². The highest BCUT2D eigenvalue weighted by molar-refractivity contribution is 9.10. The van der Waals surface area contributed by atoms with Crippen LogP contribution in [0, 0.1) is 17.7 Å². The van der Waals surface area contributed by atoms with Crippen LogP contribution < -0.4 is 5.32 Å². The zero-order valence-corrected chi connectivity index (χ0v) is 13.3. The summed E-state index contributed by atoms with van der Waals surface area (Å²) in [5.41, 5.74) is 1.13. The Morgan fingerprint density at radius 1 is 1.37 bits per heavy atom. The Labute approximate surface area is 124 Å². The van der Waals surface area contributed by atoms with E-state index in [9.17, 15) is 4.39 Å². The SMILES string of the molecule is CC(NCC1CCCCC1C)c1ccc(F)cc1Br. The minimum atomic E-state index is -0.191. The summed E-state index contributed by atoms with van der Waals surface area (Å²) < 4.78 is 13.9. The Hall–Kier alpha value is -0.410. The lowest BCUT2D eigenvalue weighted by Gasteiger charge is -2.30. The van der Waals surface area contributed by atoms with Gasteiger partial charge in [0.2, 0.25) is 0 Å². The average molecular weight is 328 g/mol. The molecule has 1 N–H and O–H groups in total. The Bertz CT molecular complexity index is 421. The molecule has 1 fully saturated rings. The van der Waals surface area contributed by atoms with E-state index in [4.69, 9.17) is 0 Å². The van der Waals surface area contributed by atoms with Gasteiger partial charge in [0.15, 0.2) is 0 Å². The zero-order valence-electron chi connectivity index (χ0n) is 11.8. The van der Waals surface area contributed by atoms with Crippen molar-refractivity contribution in [2.24, 2.45) is 11.8 Å². The first kappa shape index (κ1) is 15.0. The fraction of sp³-hybridized carbons (Fsp3) is 0.625. The molecule has 3 atom stereocenters. The number of nitrogens with one attached hydrogen (secondary N) is 1. The molecule has 1 saturated carbocycles. The first-order valence-corrected chi connectivity index (χ1v) is 8.05. The van der Waals surface area contributed by atoms with E-state index in [-0.39, 0.29) is 11.9 Å². The van der Waals surface area contributed by atoms with Crippen molar-refractivity contribution in [2.75, 3.05) is 6.54 Å². The fourth-order valence-corrected chi connectivity index (χ4v) is 3.68. The van der Waals surface area contributed by atoms with Gasteiger partial charge in [-0.1, -0.05) is 48.2 Å². The summed E-state index contributed by atoms with van der Waals surface area (Å²) in [6.07, 6.45) is 5.45. The highest BCUT2D eigenvalue weighted by Crippen LogP contribution is 2.30. The summed E-state index contributed by atoms with van der Waals surface area (Å²) in [5.74, 6) is 1.42. The van der Waals surface area contributed by atoms with Gasteiger partial charge in [-0.15, -0.1) is 0 Å². The van der Waals surface area contributed by atoms with Gasteiger partial charge in [0.1, 0.15) is 5.82 Å². The number of hydrogen-bond donors (Lipinski definition) is 1. The van der Waals surface area contributed by atoms with Crippen LogP contribution in [0.5, 0.6) is 0 Å². The van der Waals surface area contributed by atoms with Crippen molar-refractivity contribution >= 4 is 15.9 Å². The molecule has 0 radical (unpaired) electrons. The van der Waals surface area contributed by atoms with Crippen LogP contribution in [0.15, 0.2) is 22.7 Å². The lowest BCUT2D eigenvalue weighted by Crippen LogP contribution is -2.31. The summed E-state index contributed by atoms with van der Waals surface area (Å²) in [6.45, 7) is 5.57. The first-order chi connectivity index (χ1) is 9.08. The molecular weight excluding hydrogens is 305 g/mol. The molecule has 1 nitrogen and oxygen atoms in total. The molecule has 0 saturated heterocycles. The Morgan fingerprint density at radius 2 is 2.11 bits per heavy atom. The van der Waals surface area contributed by atoms with Gasteiger partial charge in [0.25, 0.3) is 0 Å². The molecule has 19 heavy (non-hydrogen) atoms. The van der Waals surface area contributed by atoms with Gasteiger partial charge in [0.05, 0.1) is 0 Å². The standard InChI is InChI=1S/C16H23BrFN/c1-11-5-3-4-6-13(11)10-19-12(2)15-8-7-14(18)9-16(15)17/h7-9,11-13,19H,3-6,10H2,1-2H3. The molecule has 0 aliphatic heterocycles. The molecule has 106 valence electrons. The van der Waals surface area contributed by atoms with Gasteiger partial charge in [-0.3, -0.25) is 0 Å². The maximum Gasteiger partial charge on any atom is 0.124 e. The lowest BCUT2D eigenvalue weighted by molar-refractivity contribution is 0.242. The van der Waals surface area contributed by atoms with E-state index in [2.05, 4.69) is 35.1 Å². The molecular formula is C16H23BrFN. The van der Waals surface area contributed by atoms with Crippen LogP contribution in [-0.4, -0.2) is 6.54 Å². The summed E-state index contributed by atoms with van der Waals surface area (Å²) in [6, 6.07) is 5.18. The summed E-state index contributed by atoms with van der Waals surface area (Å²) in [4.78, 5) is 0. The molecule has 1 aromatic rings. The van der Waals surface area contributed by atoms with Gasteiger partial charge in [-0.05, 0) is 49.4 Å². The second-order valence-corrected chi connectivity index (χ2v) is 6.67. The van der Waals surface area contributed by atoms with Crippen LogP contribution in [0.25, 0.3) is 0 Å². The normalized spacial score (nSPS) is 25.3. The monoisotopic (exact) mass is 327 g/mol. The van der Waals surface area contributed by atoms with Gasteiger partial charge in [-0.2, -0.15) is 0 Å². The number of rotatable bonds is 4. The van der Waals surface area contributed by atoms with Crippen LogP contribution in [0.1, 0.15) is 51.1 Å². The van der Waals surface area contributed by atoms with Gasteiger partial charge >= 0.3 is 0 Å². The molecule has 0 spiro atoms. The van der Waals surface area contributed by atoms with Gasteiger partial charge in [0, 0.05) is 10.5 Å². The Balaban J connectivity index is 1.91. The van der Waals surface area contributed by atoms with E-state index in [1.807, 2.05) is 6.07 Å². The smallest absolute Gasteiger partial charge is 0.124 e. The number of halogens is 2. The highest BCUT2D eigenvalue weighted by atomic mass is 79.9. The van der Waals surface area contributed by atoms with Crippen LogP contribution in [0.2, 0.25) is 0 Å². The molecule has 1 aliphatic carbocycles. The molecule has 3 heteroatoms. The van der Waals surface area contributed by atoms with E-state index in [0.717, 1.165) is 28.4 Å². The minimum Gasteiger partial charge on any atom is -0.310 e. The maximum absolute atomic E-state index is 13.1. The topological polar surface area (TPSA) is 12.0 Å². The minimum absolute atomic E-state index is 0.191. The van der Waals surface area contributed by atoms with Gasteiger partial charge < -0.3 is 5.32 Å². The highest BCUT2D eigenvalue weighted by Gasteiger charge is 2.21. The number of hydrogen-bond acceptors (Lipinski definition) is 1. The summed E-state index contributed by atoms with van der Waals surface area (Å²) in [7, 11) is 0. The van der Waals surface area contributed by atoms with Crippen molar-refractivity contribution in [3.8, 4) is 0 Å². The van der Waals surface area contributed by atoms with Gasteiger partial charge in [-0.25, -0.2) is 4.39 Å². The van der Waals surface area contributed by atoms with Crippen LogP contribution in [-0.2, 0) is 0 Å². The Morgan fingerprint density at radius 3 is 2.79 bits per heavy atom. The van der Waals surface area contributed by atoms with E-state index >= 15 is 0 Å². The van der Waals surface area contributed by atoms with Crippen molar-refractivity contribution in [3.05, 3.63) is 34.1 Å². The molecule has 0 heterocycles. The van der Waals surface area contributed by atoms with Crippen molar-refractivity contribution in [1.82, 2.24) is 5.32 Å². The second kappa shape index (κ2) is 6.85. The molecule has 0 bridgehead atoms. The largest absolute Gasteiger partial charge is 0.310 e. The molecule has 1 aliphatic rings. The quantitative estimate of drug-likeness (QED) is 0.814. The maximum atomic E-state index is 13.1. The van der Waals surface area contributed by atoms with Crippen LogP contribution in [0.3, 0.4) is 0 Å². The van der Waals surface area contributed by atoms with E-state index in [0.29, 0.717) is 0 Å². The summed E-state index contributed by atoms with van der Waals surface area (Å²) >= 11 is 3.45. The van der Waals surface area contributed by atoms with E-state index < -0.39 is 0 Å². The third kappa shape index (κ3) is 4.03. The molecule has 0 aromatic heterocycles. The van der Waals surface area contributed by atoms with Crippen LogP contribution >= 0.6 is 15.9 Å². The predicted molar refractivity (Wildman–Crippen MR) is 81.6 cm³/mol. The lowest BCUT2D eigenvalue weighted by atomic mass is 9.80. The second-order valence-electron chi connectivity index (χ2n) is 5.82. The molecule has 3 unspecified atom stereocenters. The van der Waals surface area contributed by atoms with E-state index in [1.165, 1.54) is 37.8 Å². The molecule has 1 aromatic carbocycles. The molecule has 0 amide bonds. The van der Waals surface area contributed by atoms with Crippen molar-refractivity contribution in [2.45, 2.75) is 45.6 Å². The van der Waals surface area contributed by atoms with Crippen molar-refractivity contribution in [1.29, 1.82) is 0 Å². The molecule has 2 rings (SSSR count). The van der Waals surface area contributed by atoms with Crippen LogP contribution in [0.4, 0.5) is 4.39 Å². The fourth-order valence-electron chi connectivity index (χ4n) is 2.99. The Kier molecular flexibility index (Phi) is 5.40. The first-order valence-electron chi connectivity index (χ1n) is 7.26.